The second kappa shape index (κ2) is 19.1. The van der Waals surface area contributed by atoms with Crippen LogP contribution in [0.15, 0.2) is 0 Å². The Morgan fingerprint density at radius 3 is 1.52 bits per heavy atom. The molecular formula is C15H31NO7. The highest BCUT2D eigenvalue weighted by atomic mass is 16.6. The maximum absolute atomic E-state index is 10.9. The van der Waals surface area contributed by atoms with Gasteiger partial charge in [0.2, 0.25) is 0 Å². The SMILES string of the molecule is CCOCCOCCOCCOCCOCCNC(=O)OCC. The first kappa shape index (κ1) is 22.1. The predicted molar refractivity (Wildman–Crippen MR) is 84.8 cm³/mol. The number of amides is 1. The molecule has 1 N–H and O–H groups in total. The number of alkyl carbamates (subject to hydrolysis) is 1. The summed E-state index contributed by atoms with van der Waals surface area (Å²) in [5, 5.41) is 2.56. The Morgan fingerprint density at radius 1 is 0.652 bits per heavy atom. The molecule has 1 amide bonds. The second-order valence-corrected chi connectivity index (χ2v) is 4.29. The number of nitrogens with one attached hydrogen (secondary N) is 1. The molecule has 0 spiro atoms. The van der Waals surface area contributed by atoms with E-state index in [0.29, 0.717) is 79.2 Å². The number of rotatable bonds is 17. The van der Waals surface area contributed by atoms with E-state index in [9.17, 15) is 4.79 Å². The third-order valence-corrected chi connectivity index (χ3v) is 2.48. The normalized spacial score (nSPS) is 10.7. The van der Waals surface area contributed by atoms with E-state index in [1.807, 2.05) is 6.92 Å². The van der Waals surface area contributed by atoms with Crippen LogP contribution < -0.4 is 5.32 Å². The number of hydrogen-bond acceptors (Lipinski definition) is 7. The van der Waals surface area contributed by atoms with Crippen LogP contribution in [-0.2, 0) is 28.4 Å². The number of carbonyl (C=O) groups is 1. The van der Waals surface area contributed by atoms with Crippen molar-refractivity contribution >= 4 is 6.09 Å². The van der Waals surface area contributed by atoms with Gasteiger partial charge in [-0.15, -0.1) is 0 Å². The monoisotopic (exact) mass is 337 g/mol. The van der Waals surface area contributed by atoms with Gasteiger partial charge in [0.05, 0.1) is 66.1 Å². The molecule has 8 heteroatoms. The highest BCUT2D eigenvalue weighted by Gasteiger charge is 1.98. The molecular weight excluding hydrogens is 306 g/mol. The average molecular weight is 337 g/mol. The molecule has 0 fully saturated rings. The van der Waals surface area contributed by atoms with Crippen LogP contribution in [0.2, 0.25) is 0 Å². The van der Waals surface area contributed by atoms with Gasteiger partial charge in [-0.05, 0) is 13.8 Å². The molecule has 0 saturated heterocycles. The zero-order valence-corrected chi connectivity index (χ0v) is 14.3. The van der Waals surface area contributed by atoms with Gasteiger partial charge in [0.1, 0.15) is 0 Å². The molecule has 0 rings (SSSR count). The summed E-state index contributed by atoms with van der Waals surface area (Å²) in [4.78, 5) is 10.9. The topological polar surface area (TPSA) is 84.5 Å². The Kier molecular flexibility index (Phi) is 18.3. The van der Waals surface area contributed by atoms with E-state index in [4.69, 9.17) is 28.4 Å². The summed E-state index contributed by atoms with van der Waals surface area (Å²) in [6, 6.07) is 0. The Morgan fingerprint density at radius 2 is 1.09 bits per heavy atom. The molecule has 0 atom stereocenters. The summed E-state index contributed by atoms with van der Waals surface area (Å²) in [5.41, 5.74) is 0. The van der Waals surface area contributed by atoms with Crippen molar-refractivity contribution in [2.45, 2.75) is 13.8 Å². The minimum atomic E-state index is -0.425. The van der Waals surface area contributed by atoms with Crippen molar-refractivity contribution in [3.63, 3.8) is 0 Å². The lowest BCUT2D eigenvalue weighted by atomic mass is 10.6. The van der Waals surface area contributed by atoms with E-state index < -0.39 is 6.09 Å². The van der Waals surface area contributed by atoms with Crippen molar-refractivity contribution in [1.82, 2.24) is 5.32 Å². The molecule has 0 heterocycles. The van der Waals surface area contributed by atoms with Gasteiger partial charge < -0.3 is 33.7 Å². The summed E-state index contributed by atoms with van der Waals surface area (Å²) in [5.74, 6) is 0. The molecule has 0 radical (unpaired) electrons. The fraction of sp³-hybridized carbons (Fsp3) is 0.933. The Bertz CT molecular complexity index is 254. The van der Waals surface area contributed by atoms with E-state index in [2.05, 4.69) is 5.32 Å². The molecule has 0 unspecified atom stereocenters. The van der Waals surface area contributed by atoms with Gasteiger partial charge in [-0.25, -0.2) is 4.79 Å². The van der Waals surface area contributed by atoms with Crippen LogP contribution in [0, 0.1) is 0 Å². The molecule has 0 aliphatic carbocycles. The second-order valence-electron chi connectivity index (χ2n) is 4.29. The van der Waals surface area contributed by atoms with Gasteiger partial charge in [0, 0.05) is 13.2 Å². The van der Waals surface area contributed by atoms with Crippen LogP contribution in [0.1, 0.15) is 13.8 Å². The summed E-state index contributed by atoms with van der Waals surface area (Å²) >= 11 is 0. The van der Waals surface area contributed by atoms with Crippen LogP contribution in [0.4, 0.5) is 4.79 Å². The Hall–Kier alpha value is -0.930. The quantitative estimate of drug-likeness (QED) is 0.394. The molecule has 0 aromatic rings. The van der Waals surface area contributed by atoms with E-state index in [1.165, 1.54) is 0 Å². The zero-order chi connectivity index (χ0) is 17.0. The van der Waals surface area contributed by atoms with E-state index in [-0.39, 0.29) is 0 Å². The van der Waals surface area contributed by atoms with Gasteiger partial charge in [-0.3, -0.25) is 0 Å². The number of hydrogen-bond donors (Lipinski definition) is 1. The first-order valence-corrected chi connectivity index (χ1v) is 8.10. The first-order valence-electron chi connectivity index (χ1n) is 8.10. The molecule has 8 nitrogen and oxygen atoms in total. The van der Waals surface area contributed by atoms with Crippen LogP contribution in [0.3, 0.4) is 0 Å². The van der Waals surface area contributed by atoms with E-state index >= 15 is 0 Å². The van der Waals surface area contributed by atoms with Gasteiger partial charge in [-0.1, -0.05) is 0 Å². The maximum Gasteiger partial charge on any atom is 0.407 e. The molecule has 0 aromatic heterocycles. The molecule has 0 aliphatic rings. The van der Waals surface area contributed by atoms with Crippen LogP contribution in [-0.4, -0.2) is 85.3 Å². The lowest BCUT2D eigenvalue weighted by molar-refractivity contribution is -0.00995. The lowest BCUT2D eigenvalue weighted by Gasteiger charge is -2.08. The summed E-state index contributed by atoms with van der Waals surface area (Å²) in [6.07, 6.45) is -0.425. The number of carbonyl (C=O) groups excluding carboxylic acids is 1. The van der Waals surface area contributed by atoms with Crippen molar-refractivity contribution in [2.24, 2.45) is 0 Å². The summed E-state index contributed by atoms with van der Waals surface area (Å²) < 4.78 is 31.1. The third-order valence-electron chi connectivity index (χ3n) is 2.48. The largest absolute Gasteiger partial charge is 0.450 e. The van der Waals surface area contributed by atoms with Gasteiger partial charge in [-0.2, -0.15) is 0 Å². The van der Waals surface area contributed by atoms with Crippen molar-refractivity contribution < 1.29 is 33.2 Å². The fourth-order valence-electron chi connectivity index (χ4n) is 1.43. The fourth-order valence-corrected chi connectivity index (χ4v) is 1.43. The maximum atomic E-state index is 10.9. The predicted octanol–water partition coefficient (Wildman–Crippen LogP) is 0.835. The van der Waals surface area contributed by atoms with Crippen molar-refractivity contribution in [1.29, 1.82) is 0 Å². The highest BCUT2D eigenvalue weighted by Crippen LogP contribution is 1.84. The minimum Gasteiger partial charge on any atom is -0.450 e. The van der Waals surface area contributed by atoms with Crippen molar-refractivity contribution in [2.75, 3.05) is 79.2 Å². The molecule has 138 valence electrons. The lowest BCUT2D eigenvalue weighted by Crippen LogP contribution is -2.28. The van der Waals surface area contributed by atoms with E-state index in [0.717, 1.165) is 0 Å². The first-order chi connectivity index (χ1) is 11.3. The average Bonchev–Trinajstić information content (AvgIpc) is 2.54. The van der Waals surface area contributed by atoms with E-state index in [1.54, 1.807) is 6.92 Å². The number of ether oxygens (including phenoxy) is 6. The van der Waals surface area contributed by atoms with Crippen molar-refractivity contribution in [3.05, 3.63) is 0 Å². The highest BCUT2D eigenvalue weighted by molar-refractivity contribution is 5.66. The standard InChI is InChI=1S/C15H31NO7/c1-3-18-7-8-20-11-12-22-14-13-21-10-9-19-6-5-16-15(17)23-4-2/h3-14H2,1-2H3,(H,16,17). The molecule has 0 aromatic carbocycles. The van der Waals surface area contributed by atoms with Gasteiger partial charge >= 0.3 is 6.09 Å². The molecule has 23 heavy (non-hydrogen) atoms. The zero-order valence-electron chi connectivity index (χ0n) is 14.3. The van der Waals surface area contributed by atoms with Gasteiger partial charge in [0.25, 0.3) is 0 Å². The van der Waals surface area contributed by atoms with Crippen LogP contribution in [0.5, 0.6) is 0 Å². The molecule has 0 saturated carbocycles. The molecule has 0 aliphatic heterocycles. The Labute approximate surface area is 138 Å². The smallest absolute Gasteiger partial charge is 0.407 e. The Balaban J connectivity index is 3.01. The van der Waals surface area contributed by atoms with Crippen LogP contribution in [0.25, 0.3) is 0 Å². The minimum absolute atomic E-state index is 0.363. The summed E-state index contributed by atoms with van der Waals surface area (Å²) in [7, 11) is 0. The van der Waals surface area contributed by atoms with Crippen molar-refractivity contribution in [3.8, 4) is 0 Å². The van der Waals surface area contributed by atoms with Gasteiger partial charge in [0.15, 0.2) is 0 Å². The molecule has 0 bridgehead atoms. The van der Waals surface area contributed by atoms with Crippen LogP contribution >= 0.6 is 0 Å². The summed E-state index contributed by atoms with van der Waals surface area (Å²) in [6.45, 7) is 9.97. The third kappa shape index (κ3) is 19.0.